The van der Waals surface area contributed by atoms with E-state index in [4.69, 9.17) is 22.1 Å². The molecule has 0 bridgehead atoms. The molecule has 1 fully saturated rings. The van der Waals surface area contributed by atoms with Crippen molar-refractivity contribution in [2.24, 2.45) is 5.16 Å². The van der Waals surface area contributed by atoms with Crippen LogP contribution in [0.5, 0.6) is 11.5 Å². The van der Waals surface area contributed by atoms with Gasteiger partial charge in [0.1, 0.15) is 29.0 Å². The quantitative estimate of drug-likeness (QED) is 0.0178. The van der Waals surface area contributed by atoms with Gasteiger partial charge < -0.3 is 42.0 Å². The van der Waals surface area contributed by atoms with Crippen molar-refractivity contribution in [2.75, 3.05) is 28.8 Å². The highest BCUT2D eigenvalue weighted by Crippen LogP contribution is 2.41. The second kappa shape index (κ2) is 13.0. The molecule has 0 aliphatic carbocycles. The number of fused-ring (bicyclic) bond motifs is 1. The van der Waals surface area contributed by atoms with E-state index in [1.807, 2.05) is 0 Å². The summed E-state index contributed by atoms with van der Waals surface area (Å²) in [6.07, 6.45) is -0.326. The first kappa shape index (κ1) is 32.1. The van der Waals surface area contributed by atoms with E-state index < -0.39 is 58.5 Å². The maximum atomic E-state index is 13.4. The molecule has 3 atom stereocenters. The topological polar surface area (TPSA) is 294 Å². The number of carboxylic acid groups (broad SMARTS) is 2. The Hall–Kier alpha value is -5.28. The van der Waals surface area contributed by atoms with Crippen LogP contribution in [-0.2, 0) is 24.0 Å². The van der Waals surface area contributed by atoms with Gasteiger partial charge in [0, 0.05) is 28.5 Å². The molecule has 2 aliphatic rings. The number of thioether (sulfide) groups is 2. The number of anilines is 2. The number of hydrogen-bond acceptors (Lipinski definition) is 16. The molecule has 3 aromatic rings. The normalized spacial score (nSPS) is 18.4. The van der Waals surface area contributed by atoms with Gasteiger partial charge in [-0.1, -0.05) is 11.2 Å². The summed E-state index contributed by atoms with van der Waals surface area (Å²) in [5, 5.41) is 46.2. The van der Waals surface area contributed by atoms with E-state index in [2.05, 4.69) is 20.4 Å². The number of carbonyl (C=O) groups excluding carboxylic acids is 2. The smallest absolute Gasteiger partial charge is 0.384 e. The van der Waals surface area contributed by atoms with Gasteiger partial charge in [0.25, 0.3) is 11.8 Å². The molecular weight excluding hydrogens is 667 g/mol. The predicted molar refractivity (Wildman–Crippen MR) is 164 cm³/mol. The minimum Gasteiger partial charge on any atom is -0.504 e. The number of β-lactam (4-membered cyclic amide) rings is 1. The first-order chi connectivity index (χ1) is 21.8. The van der Waals surface area contributed by atoms with Crippen molar-refractivity contribution in [3.05, 3.63) is 58.4 Å². The third kappa shape index (κ3) is 6.41. The Bertz CT molecular complexity index is 1820. The molecule has 2 unspecified atom stereocenters. The maximum Gasteiger partial charge on any atom is 0.384 e. The molecule has 21 heteroatoms. The number of nitrogens with two attached hydrogens (primary N) is 3. The lowest BCUT2D eigenvalue weighted by atomic mass is 10.0. The molecule has 0 saturated carbocycles. The van der Waals surface area contributed by atoms with E-state index >= 15 is 0 Å². The summed E-state index contributed by atoms with van der Waals surface area (Å²) in [5.41, 5.74) is 10.9. The molecule has 46 heavy (non-hydrogen) atoms. The fraction of sp³-hybridized carbons (Fsp3) is 0.200. The first-order valence-corrected chi connectivity index (χ1v) is 15.7. The number of nitrogens with one attached hydrogen (secondary N) is 1. The molecule has 11 N–H and O–H groups in total. The standard InChI is InChI=1S/C25H23N9O9S3/c26-14-3-4-33(28)25(30-14)46-7-10-6-44-21-16(20(38)34(21)17(10)22(39)40)31-19(37)15(11-8-45-24(27)29-11)32-43-18(23(41)42)9-1-2-12(35)13(36)5-9/h1-5,8,16,18,21,26H,6-7,28H2,(H7,27,29,31,32,35,36,37,39,40,41,42)/p+1/t16?,18?,21-/m1/s1. The molecule has 240 valence electrons. The van der Waals surface area contributed by atoms with Crippen LogP contribution in [-0.4, -0.2) is 87.7 Å². The van der Waals surface area contributed by atoms with Crippen molar-refractivity contribution in [2.45, 2.75) is 22.7 Å². The van der Waals surface area contributed by atoms with Crippen LogP contribution in [0.25, 0.3) is 0 Å². The summed E-state index contributed by atoms with van der Waals surface area (Å²) in [7, 11) is 0. The Kier molecular flexibility index (Phi) is 9.07. The van der Waals surface area contributed by atoms with E-state index in [9.17, 15) is 39.6 Å². The van der Waals surface area contributed by atoms with Gasteiger partial charge in [0.2, 0.25) is 11.9 Å². The summed E-state index contributed by atoms with van der Waals surface area (Å²) in [4.78, 5) is 65.3. The number of oxime groups is 1. The van der Waals surface area contributed by atoms with Gasteiger partial charge in [0.05, 0.1) is 0 Å². The van der Waals surface area contributed by atoms with Crippen LogP contribution in [0.3, 0.4) is 0 Å². The number of nitrogens with zero attached hydrogens (tertiary/aromatic N) is 5. The average Bonchev–Trinajstić information content (AvgIpc) is 3.44. The Morgan fingerprint density at radius 2 is 1.96 bits per heavy atom. The number of aliphatic carboxylic acids is 2. The summed E-state index contributed by atoms with van der Waals surface area (Å²) in [6, 6.07) is 3.49. The fourth-order valence-corrected chi connectivity index (χ4v) is 7.29. The molecule has 2 amide bonds. The second-order valence-corrected chi connectivity index (χ2v) is 12.5. The molecular formula is C25H24N9O9S3+. The van der Waals surface area contributed by atoms with Gasteiger partial charge in [-0.15, -0.1) is 27.8 Å². The maximum absolute atomic E-state index is 13.4. The molecule has 1 aromatic carbocycles. The summed E-state index contributed by atoms with van der Waals surface area (Å²) >= 11 is 3.31. The van der Waals surface area contributed by atoms with Crippen molar-refractivity contribution in [3.8, 4) is 11.5 Å². The number of benzene rings is 1. The molecule has 1 saturated heterocycles. The SMILES string of the molecule is Nc1cc[n+](N)c(SCC2=C(C(=O)O)N3C(=O)C(NC(=O)/C(=N\OC(C(=O)O)c4ccc(O)c(O)c4)c4csc(N)n4)[C@H]3SC2)n1. The Balaban J connectivity index is 1.35. The number of thiazole rings is 1. The van der Waals surface area contributed by atoms with Crippen molar-refractivity contribution < 1.29 is 49.1 Å². The molecule has 2 aliphatic heterocycles. The third-order valence-corrected chi connectivity index (χ3v) is 9.59. The molecule has 0 spiro atoms. The van der Waals surface area contributed by atoms with Gasteiger partial charge in [-0.2, -0.15) is 0 Å². The van der Waals surface area contributed by atoms with E-state index in [1.54, 1.807) is 0 Å². The van der Waals surface area contributed by atoms with E-state index in [1.165, 1.54) is 40.1 Å². The van der Waals surface area contributed by atoms with Crippen LogP contribution in [0, 0.1) is 0 Å². The van der Waals surface area contributed by atoms with Crippen LogP contribution in [0.4, 0.5) is 10.9 Å². The Labute approximate surface area is 270 Å². The van der Waals surface area contributed by atoms with Crippen molar-refractivity contribution >= 4 is 75.3 Å². The lowest BCUT2D eigenvalue weighted by Crippen LogP contribution is -2.71. The van der Waals surface area contributed by atoms with Crippen LogP contribution in [0.15, 0.2) is 57.4 Å². The molecule has 2 aromatic heterocycles. The Morgan fingerprint density at radius 1 is 1.20 bits per heavy atom. The summed E-state index contributed by atoms with van der Waals surface area (Å²) in [5.74, 6) is 0.754. The highest BCUT2D eigenvalue weighted by Gasteiger charge is 2.54. The summed E-state index contributed by atoms with van der Waals surface area (Å²) < 4.78 is 1.23. The van der Waals surface area contributed by atoms with Crippen molar-refractivity contribution in [3.63, 3.8) is 0 Å². The zero-order chi connectivity index (χ0) is 33.3. The monoisotopic (exact) mass is 690 g/mol. The van der Waals surface area contributed by atoms with E-state index in [0.29, 0.717) is 10.7 Å². The highest BCUT2D eigenvalue weighted by molar-refractivity contribution is 8.01. The lowest BCUT2D eigenvalue weighted by Gasteiger charge is -2.49. The number of carboxylic acids is 2. The number of carbonyl (C=O) groups is 4. The van der Waals surface area contributed by atoms with Gasteiger partial charge in [-0.05, 0) is 34.5 Å². The van der Waals surface area contributed by atoms with Crippen LogP contribution in [0.1, 0.15) is 17.4 Å². The van der Waals surface area contributed by atoms with Crippen molar-refractivity contribution in [1.82, 2.24) is 20.2 Å². The van der Waals surface area contributed by atoms with Gasteiger partial charge in [0.15, 0.2) is 22.3 Å². The van der Waals surface area contributed by atoms with E-state index in [0.717, 1.165) is 40.1 Å². The number of phenolic OH excluding ortho intramolecular Hbond substituents is 2. The van der Waals surface area contributed by atoms with Crippen LogP contribution in [0.2, 0.25) is 0 Å². The largest absolute Gasteiger partial charge is 0.504 e. The molecule has 18 nitrogen and oxygen atoms in total. The molecule has 4 heterocycles. The van der Waals surface area contributed by atoms with Gasteiger partial charge in [-0.3, -0.25) is 20.3 Å². The summed E-state index contributed by atoms with van der Waals surface area (Å²) in [6.45, 7) is 0. The molecule has 0 radical (unpaired) electrons. The van der Waals surface area contributed by atoms with Crippen LogP contribution < -0.4 is 27.3 Å². The zero-order valence-corrected chi connectivity index (χ0v) is 25.6. The second-order valence-electron chi connectivity index (χ2n) is 9.53. The highest BCUT2D eigenvalue weighted by atomic mass is 32.2. The number of aromatic nitrogens is 3. The number of nitrogen functional groups attached to an aromatic ring is 3. The first-order valence-electron chi connectivity index (χ1n) is 12.8. The van der Waals surface area contributed by atoms with Gasteiger partial charge >= 0.3 is 17.1 Å². The number of rotatable bonds is 11. The predicted octanol–water partition coefficient (Wildman–Crippen LogP) is -0.807. The zero-order valence-electron chi connectivity index (χ0n) is 23.1. The number of phenols is 2. The average molecular weight is 691 g/mol. The number of amides is 2. The minimum atomic E-state index is -1.82. The van der Waals surface area contributed by atoms with Crippen molar-refractivity contribution in [1.29, 1.82) is 0 Å². The third-order valence-electron chi connectivity index (χ3n) is 6.52. The number of aromatic hydroxyl groups is 2. The van der Waals surface area contributed by atoms with Gasteiger partial charge in [-0.25, -0.2) is 14.6 Å². The number of hydrogen-bond donors (Lipinski definition) is 8. The Morgan fingerprint density at radius 3 is 2.61 bits per heavy atom. The van der Waals surface area contributed by atoms with E-state index in [-0.39, 0.29) is 39.4 Å². The molecule has 5 rings (SSSR count). The lowest BCUT2D eigenvalue weighted by molar-refractivity contribution is -0.682. The van der Waals surface area contributed by atoms with Crippen LogP contribution >= 0.6 is 34.9 Å². The minimum absolute atomic E-state index is 0.0534. The fourth-order valence-electron chi connectivity index (χ4n) is 4.35.